The maximum absolute atomic E-state index is 4.50. The lowest BCUT2D eigenvalue weighted by Crippen LogP contribution is -1.83. The van der Waals surface area contributed by atoms with Crippen LogP contribution in [-0.2, 0) is 5.75 Å². The maximum Gasteiger partial charge on any atom is 0.208 e. The zero-order valence-electron chi connectivity index (χ0n) is 9.81. The number of aromatic nitrogens is 3. The topological polar surface area (TPSA) is 41.6 Å². The van der Waals surface area contributed by atoms with Gasteiger partial charge in [0.15, 0.2) is 0 Å². The van der Waals surface area contributed by atoms with Crippen molar-refractivity contribution in [3.63, 3.8) is 0 Å². The summed E-state index contributed by atoms with van der Waals surface area (Å²) >= 11 is 1.69. The molecular weight excluding hydrogens is 230 g/mol. The third-order valence-electron chi connectivity index (χ3n) is 2.93. The molecule has 3 rings (SSSR count). The van der Waals surface area contributed by atoms with Crippen LogP contribution in [0.4, 0.5) is 0 Å². The van der Waals surface area contributed by atoms with Crippen LogP contribution >= 0.6 is 11.8 Å². The van der Waals surface area contributed by atoms with Crippen LogP contribution in [0.2, 0.25) is 0 Å². The van der Waals surface area contributed by atoms with Crippen LogP contribution in [-0.4, -0.2) is 15.2 Å². The molecule has 0 aliphatic heterocycles. The van der Waals surface area contributed by atoms with Crippen molar-refractivity contribution in [2.45, 2.75) is 36.6 Å². The molecule has 0 saturated heterocycles. The van der Waals surface area contributed by atoms with Gasteiger partial charge < -0.3 is 0 Å². The summed E-state index contributed by atoms with van der Waals surface area (Å²) in [5.41, 5.74) is 2.62. The molecule has 0 atom stereocenters. The number of hydrogen-bond acceptors (Lipinski definition) is 3. The van der Waals surface area contributed by atoms with Crippen molar-refractivity contribution < 1.29 is 0 Å². The monoisotopic (exact) mass is 245 g/mol. The van der Waals surface area contributed by atoms with Crippen molar-refractivity contribution in [3.8, 4) is 0 Å². The average Bonchev–Trinajstić information content (AvgIpc) is 3.09. The molecule has 17 heavy (non-hydrogen) atoms. The Morgan fingerprint density at radius 1 is 1.29 bits per heavy atom. The lowest BCUT2D eigenvalue weighted by molar-refractivity contribution is 0.932. The zero-order chi connectivity index (χ0) is 11.7. The molecule has 1 saturated carbocycles. The van der Waals surface area contributed by atoms with E-state index in [2.05, 4.69) is 46.4 Å². The van der Waals surface area contributed by atoms with Gasteiger partial charge in [-0.15, -0.1) is 5.10 Å². The summed E-state index contributed by atoms with van der Waals surface area (Å²) in [6.45, 7) is 2.11. The predicted molar refractivity (Wildman–Crippen MR) is 69.1 cm³/mol. The van der Waals surface area contributed by atoms with Crippen LogP contribution in [0.25, 0.3) is 0 Å². The lowest BCUT2D eigenvalue weighted by atomic mass is 10.2. The molecule has 3 nitrogen and oxygen atoms in total. The van der Waals surface area contributed by atoms with E-state index in [-0.39, 0.29) is 0 Å². The van der Waals surface area contributed by atoms with Gasteiger partial charge >= 0.3 is 0 Å². The smallest absolute Gasteiger partial charge is 0.208 e. The molecule has 0 bridgehead atoms. The maximum atomic E-state index is 4.50. The molecule has 0 unspecified atom stereocenters. The van der Waals surface area contributed by atoms with Gasteiger partial charge in [-0.3, -0.25) is 5.10 Å². The van der Waals surface area contributed by atoms with Crippen LogP contribution in [0.5, 0.6) is 0 Å². The highest BCUT2D eigenvalue weighted by molar-refractivity contribution is 7.98. The number of aromatic amines is 1. The van der Waals surface area contributed by atoms with Crippen molar-refractivity contribution in [2.24, 2.45) is 0 Å². The SMILES string of the molecule is Cc1ccc(CSc2n[nH]c(C3CC3)n2)cc1. The number of benzene rings is 1. The van der Waals surface area contributed by atoms with E-state index in [1.807, 2.05) is 0 Å². The Bertz CT molecular complexity index is 500. The van der Waals surface area contributed by atoms with E-state index >= 15 is 0 Å². The van der Waals surface area contributed by atoms with E-state index in [9.17, 15) is 0 Å². The highest BCUT2D eigenvalue weighted by Crippen LogP contribution is 2.38. The van der Waals surface area contributed by atoms with Crippen molar-refractivity contribution in [1.82, 2.24) is 15.2 Å². The Morgan fingerprint density at radius 3 is 2.76 bits per heavy atom. The van der Waals surface area contributed by atoms with Gasteiger partial charge in [0.1, 0.15) is 5.82 Å². The first kappa shape index (κ1) is 10.8. The zero-order valence-corrected chi connectivity index (χ0v) is 10.6. The Labute approximate surface area is 105 Å². The molecule has 0 amide bonds. The van der Waals surface area contributed by atoms with Gasteiger partial charge in [-0.2, -0.15) is 0 Å². The standard InChI is InChI=1S/C13H15N3S/c1-9-2-4-10(5-3-9)8-17-13-14-12(15-16-13)11-6-7-11/h2-5,11H,6-8H2,1H3,(H,14,15,16). The molecule has 1 fully saturated rings. The second kappa shape index (κ2) is 4.53. The first-order chi connectivity index (χ1) is 8.31. The number of hydrogen-bond donors (Lipinski definition) is 1. The normalized spacial score (nSPS) is 15.1. The van der Waals surface area contributed by atoms with Crippen molar-refractivity contribution >= 4 is 11.8 Å². The molecule has 1 aromatic heterocycles. The molecule has 1 aliphatic carbocycles. The molecular formula is C13H15N3S. The molecule has 2 aromatic rings. The average molecular weight is 245 g/mol. The van der Waals surface area contributed by atoms with Crippen LogP contribution in [0.15, 0.2) is 29.4 Å². The summed E-state index contributed by atoms with van der Waals surface area (Å²) in [5.74, 6) is 2.65. The summed E-state index contributed by atoms with van der Waals surface area (Å²) < 4.78 is 0. The van der Waals surface area contributed by atoms with Gasteiger partial charge in [0.2, 0.25) is 5.16 Å². The fourth-order valence-electron chi connectivity index (χ4n) is 1.69. The quantitative estimate of drug-likeness (QED) is 0.840. The van der Waals surface area contributed by atoms with E-state index in [0.29, 0.717) is 5.92 Å². The second-order valence-electron chi connectivity index (χ2n) is 4.55. The molecule has 0 radical (unpaired) electrons. The third-order valence-corrected chi connectivity index (χ3v) is 3.85. The van der Waals surface area contributed by atoms with Crippen LogP contribution in [0.3, 0.4) is 0 Å². The lowest BCUT2D eigenvalue weighted by Gasteiger charge is -1.98. The third kappa shape index (κ3) is 2.69. The Balaban J connectivity index is 1.60. The van der Waals surface area contributed by atoms with Gasteiger partial charge in [0.25, 0.3) is 0 Å². The Hall–Kier alpha value is -1.29. The van der Waals surface area contributed by atoms with Crippen LogP contribution in [0.1, 0.15) is 35.7 Å². The van der Waals surface area contributed by atoms with E-state index in [1.54, 1.807) is 11.8 Å². The summed E-state index contributed by atoms with van der Waals surface area (Å²) in [4.78, 5) is 4.50. The van der Waals surface area contributed by atoms with Gasteiger partial charge in [-0.25, -0.2) is 4.98 Å². The fraction of sp³-hybridized carbons (Fsp3) is 0.385. The first-order valence-corrected chi connectivity index (χ1v) is 6.90. The van der Waals surface area contributed by atoms with Gasteiger partial charge in [-0.05, 0) is 25.3 Å². The number of nitrogens with one attached hydrogen (secondary N) is 1. The van der Waals surface area contributed by atoms with E-state index in [4.69, 9.17) is 0 Å². The minimum atomic E-state index is 0.649. The number of rotatable bonds is 4. The molecule has 4 heteroatoms. The minimum Gasteiger partial charge on any atom is -0.262 e. The summed E-state index contributed by atoms with van der Waals surface area (Å²) in [6, 6.07) is 8.61. The van der Waals surface area contributed by atoms with Crippen LogP contribution in [0, 0.1) is 6.92 Å². The fourth-order valence-corrected chi connectivity index (χ4v) is 2.46. The largest absolute Gasteiger partial charge is 0.262 e. The molecule has 1 aromatic carbocycles. The Morgan fingerprint density at radius 2 is 2.06 bits per heavy atom. The molecule has 0 spiro atoms. The summed E-state index contributed by atoms with van der Waals surface area (Å²) in [6.07, 6.45) is 2.52. The van der Waals surface area contributed by atoms with Gasteiger partial charge in [0, 0.05) is 11.7 Å². The van der Waals surface area contributed by atoms with Gasteiger partial charge in [0.05, 0.1) is 0 Å². The molecule has 1 aliphatic rings. The summed E-state index contributed by atoms with van der Waals surface area (Å²) in [7, 11) is 0. The number of nitrogens with zero attached hydrogens (tertiary/aromatic N) is 2. The highest BCUT2D eigenvalue weighted by Gasteiger charge is 2.27. The second-order valence-corrected chi connectivity index (χ2v) is 5.49. The van der Waals surface area contributed by atoms with E-state index in [0.717, 1.165) is 16.7 Å². The van der Waals surface area contributed by atoms with Crippen molar-refractivity contribution in [1.29, 1.82) is 0 Å². The highest BCUT2D eigenvalue weighted by atomic mass is 32.2. The molecule has 1 N–H and O–H groups in total. The van der Waals surface area contributed by atoms with Crippen LogP contribution < -0.4 is 0 Å². The number of aryl methyl sites for hydroxylation is 1. The Kier molecular flexibility index (Phi) is 2.89. The molecule has 88 valence electrons. The number of thioether (sulfide) groups is 1. The number of H-pyrrole nitrogens is 1. The minimum absolute atomic E-state index is 0.649. The van der Waals surface area contributed by atoms with Crippen molar-refractivity contribution in [3.05, 3.63) is 41.2 Å². The predicted octanol–water partition coefficient (Wildman–Crippen LogP) is 3.28. The van der Waals surface area contributed by atoms with E-state index < -0.39 is 0 Å². The van der Waals surface area contributed by atoms with Crippen molar-refractivity contribution in [2.75, 3.05) is 0 Å². The summed E-state index contributed by atoms with van der Waals surface area (Å²) in [5, 5.41) is 8.14. The van der Waals surface area contributed by atoms with E-state index in [1.165, 1.54) is 24.0 Å². The first-order valence-electron chi connectivity index (χ1n) is 5.92. The molecule has 1 heterocycles. The van der Waals surface area contributed by atoms with Gasteiger partial charge in [-0.1, -0.05) is 41.6 Å².